The van der Waals surface area contributed by atoms with Crippen molar-refractivity contribution in [2.24, 2.45) is 5.92 Å². The Morgan fingerprint density at radius 1 is 1.09 bits per heavy atom. The van der Waals surface area contributed by atoms with Crippen LogP contribution in [0.15, 0.2) is 54.6 Å². The van der Waals surface area contributed by atoms with E-state index in [9.17, 15) is 14.4 Å². The smallest absolute Gasteiger partial charge is 0.325 e. The Morgan fingerprint density at radius 3 is 2.40 bits per heavy atom. The minimum absolute atomic E-state index is 0.106. The highest BCUT2D eigenvalue weighted by atomic mass is 16.5. The largest absolute Gasteiger partial charge is 0.496 e. The highest BCUT2D eigenvalue weighted by Crippen LogP contribution is 2.41. The molecule has 1 heterocycles. The molecule has 0 radical (unpaired) electrons. The average molecular weight is 478 g/mol. The molecule has 1 saturated carbocycles. The van der Waals surface area contributed by atoms with Crippen LogP contribution in [0.2, 0.25) is 0 Å². The number of nitrogens with zero attached hydrogens (tertiary/aromatic N) is 1. The van der Waals surface area contributed by atoms with Gasteiger partial charge in [-0.15, -0.1) is 0 Å². The molecule has 1 aliphatic carbocycles. The first kappa shape index (κ1) is 24.8. The molecule has 0 unspecified atom stereocenters. The number of hydrogen-bond donors (Lipinski definition) is 2. The van der Waals surface area contributed by atoms with Crippen LogP contribution in [0.5, 0.6) is 5.75 Å². The fraction of sp³-hybridized carbons (Fsp3) is 0.464. The Balaban J connectivity index is 1.49. The van der Waals surface area contributed by atoms with Gasteiger partial charge in [-0.2, -0.15) is 0 Å². The number of benzene rings is 2. The molecular formula is C28H35N3O4. The molecule has 4 amide bonds. The third kappa shape index (κ3) is 5.19. The first-order valence-corrected chi connectivity index (χ1v) is 12.4. The minimum atomic E-state index is -0.427. The molecule has 0 aromatic heterocycles. The summed E-state index contributed by atoms with van der Waals surface area (Å²) in [6.45, 7) is 4.57. The van der Waals surface area contributed by atoms with E-state index in [4.69, 9.17) is 4.74 Å². The molecule has 186 valence electrons. The molecule has 2 aliphatic rings. The molecule has 2 aromatic carbocycles. The third-order valence-corrected chi connectivity index (χ3v) is 7.36. The molecule has 0 bridgehead atoms. The quantitative estimate of drug-likeness (QED) is 0.556. The van der Waals surface area contributed by atoms with Crippen molar-refractivity contribution in [2.75, 3.05) is 13.7 Å². The van der Waals surface area contributed by atoms with Gasteiger partial charge >= 0.3 is 6.03 Å². The van der Waals surface area contributed by atoms with Crippen LogP contribution in [-0.2, 0) is 10.2 Å². The summed E-state index contributed by atoms with van der Waals surface area (Å²) in [5.74, 6) is 0.584. The summed E-state index contributed by atoms with van der Waals surface area (Å²) in [5.41, 5.74) is 1.39. The number of para-hydroxylation sites is 1. The summed E-state index contributed by atoms with van der Waals surface area (Å²) in [7, 11) is 1.56. The van der Waals surface area contributed by atoms with Crippen molar-refractivity contribution in [1.29, 1.82) is 0 Å². The highest BCUT2D eigenvalue weighted by molar-refractivity contribution is 6.04. The van der Waals surface area contributed by atoms with Gasteiger partial charge in [0.2, 0.25) is 0 Å². The molecule has 1 saturated heterocycles. The maximum Gasteiger partial charge on any atom is 0.325 e. The summed E-state index contributed by atoms with van der Waals surface area (Å²) in [6.07, 6.45) is 3.58. The highest BCUT2D eigenvalue weighted by Gasteiger charge is 2.46. The zero-order chi connectivity index (χ0) is 25.0. The standard InChI is InChI=1S/C28H35N3O4/c1-19(2)17-23-26(33)31(27(34)30-23)21-13-15-28(16-14-21,20-9-5-4-6-10-20)18-29-25(32)22-11-7-8-12-24(22)35-3/h4-12,19,21,23H,13-18H2,1-3H3,(H,29,32)(H,30,34)/t21-,23-,28-/m0/s1. The number of nitrogens with one attached hydrogen (secondary N) is 2. The second kappa shape index (κ2) is 10.5. The summed E-state index contributed by atoms with van der Waals surface area (Å²) < 4.78 is 5.36. The number of carbonyl (C=O) groups excluding carboxylic acids is 3. The van der Waals surface area contributed by atoms with Gasteiger partial charge in [-0.1, -0.05) is 56.3 Å². The lowest BCUT2D eigenvalue weighted by atomic mass is 9.67. The molecule has 7 nitrogen and oxygen atoms in total. The molecule has 1 atom stereocenters. The van der Waals surface area contributed by atoms with Crippen molar-refractivity contribution in [1.82, 2.24) is 15.5 Å². The second-order valence-electron chi connectivity index (χ2n) is 10.1. The SMILES string of the molecule is COc1ccccc1C(=O)NC[C@]1(c2ccccc2)CC[C@H](N2C(=O)N[C@@H](CC(C)C)C2=O)CC1. The molecule has 2 aromatic rings. The van der Waals surface area contributed by atoms with E-state index in [0.29, 0.717) is 43.0 Å². The maximum absolute atomic E-state index is 13.0. The van der Waals surface area contributed by atoms with E-state index in [0.717, 1.165) is 18.4 Å². The average Bonchev–Trinajstić information content (AvgIpc) is 3.15. The summed E-state index contributed by atoms with van der Waals surface area (Å²) in [6, 6.07) is 16.6. The molecular weight excluding hydrogens is 442 g/mol. The lowest BCUT2D eigenvalue weighted by molar-refractivity contribution is -0.130. The van der Waals surface area contributed by atoms with Crippen LogP contribution in [0.25, 0.3) is 0 Å². The molecule has 2 N–H and O–H groups in total. The monoisotopic (exact) mass is 477 g/mol. The predicted molar refractivity (Wildman–Crippen MR) is 134 cm³/mol. The minimum Gasteiger partial charge on any atom is -0.496 e. The van der Waals surface area contributed by atoms with Crippen molar-refractivity contribution >= 4 is 17.8 Å². The van der Waals surface area contributed by atoms with Crippen molar-refractivity contribution in [3.63, 3.8) is 0 Å². The lowest BCUT2D eigenvalue weighted by Crippen LogP contribution is -2.49. The van der Waals surface area contributed by atoms with Gasteiger partial charge in [0.25, 0.3) is 11.8 Å². The Bertz CT molecular complexity index is 1060. The zero-order valence-corrected chi connectivity index (χ0v) is 20.8. The Morgan fingerprint density at radius 2 is 1.74 bits per heavy atom. The maximum atomic E-state index is 13.0. The predicted octanol–water partition coefficient (Wildman–Crippen LogP) is 4.27. The van der Waals surface area contributed by atoms with Gasteiger partial charge in [0.15, 0.2) is 0 Å². The van der Waals surface area contributed by atoms with Crippen LogP contribution in [0, 0.1) is 5.92 Å². The molecule has 7 heteroatoms. The fourth-order valence-electron chi connectivity index (χ4n) is 5.47. The van der Waals surface area contributed by atoms with Gasteiger partial charge in [-0.25, -0.2) is 4.79 Å². The van der Waals surface area contributed by atoms with Crippen molar-refractivity contribution in [3.8, 4) is 5.75 Å². The van der Waals surface area contributed by atoms with Crippen molar-refractivity contribution < 1.29 is 19.1 Å². The van der Waals surface area contributed by atoms with E-state index in [1.807, 2.05) is 30.3 Å². The van der Waals surface area contributed by atoms with Gasteiger partial charge < -0.3 is 15.4 Å². The van der Waals surface area contributed by atoms with E-state index < -0.39 is 6.04 Å². The summed E-state index contributed by atoms with van der Waals surface area (Å²) >= 11 is 0. The van der Waals surface area contributed by atoms with Crippen LogP contribution in [0.3, 0.4) is 0 Å². The van der Waals surface area contributed by atoms with E-state index in [1.165, 1.54) is 4.90 Å². The molecule has 1 aliphatic heterocycles. The second-order valence-corrected chi connectivity index (χ2v) is 10.1. The van der Waals surface area contributed by atoms with Crippen molar-refractivity contribution in [3.05, 3.63) is 65.7 Å². The normalized spacial score (nSPS) is 24.4. The number of ether oxygens (including phenoxy) is 1. The van der Waals surface area contributed by atoms with E-state index in [1.54, 1.807) is 19.2 Å². The van der Waals surface area contributed by atoms with Crippen LogP contribution in [0.4, 0.5) is 4.79 Å². The number of rotatable bonds is 8. The Kier molecular flexibility index (Phi) is 7.43. The third-order valence-electron chi connectivity index (χ3n) is 7.36. The van der Waals surface area contributed by atoms with Gasteiger partial charge in [0.1, 0.15) is 11.8 Å². The van der Waals surface area contributed by atoms with Gasteiger partial charge in [0.05, 0.1) is 12.7 Å². The van der Waals surface area contributed by atoms with Crippen LogP contribution >= 0.6 is 0 Å². The van der Waals surface area contributed by atoms with E-state index in [2.05, 4.69) is 36.6 Å². The van der Waals surface area contributed by atoms with Crippen molar-refractivity contribution in [2.45, 2.75) is 63.5 Å². The molecule has 2 fully saturated rings. The lowest BCUT2D eigenvalue weighted by Gasteiger charge is -2.42. The summed E-state index contributed by atoms with van der Waals surface area (Å²) in [4.78, 5) is 40.1. The molecule has 0 spiro atoms. The topological polar surface area (TPSA) is 87.7 Å². The molecule has 35 heavy (non-hydrogen) atoms. The Hall–Kier alpha value is -3.35. The number of methoxy groups -OCH3 is 1. The van der Waals surface area contributed by atoms with Crippen LogP contribution in [-0.4, -0.2) is 48.5 Å². The fourth-order valence-corrected chi connectivity index (χ4v) is 5.47. The first-order valence-electron chi connectivity index (χ1n) is 12.4. The van der Waals surface area contributed by atoms with Gasteiger partial charge in [0, 0.05) is 18.0 Å². The van der Waals surface area contributed by atoms with Gasteiger partial charge in [-0.3, -0.25) is 14.5 Å². The van der Waals surface area contributed by atoms with Crippen LogP contribution in [0.1, 0.15) is 61.9 Å². The zero-order valence-electron chi connectivity index (χ0n) is 20.8. The van der Waals surface area contributed by atoms with E-state index >= 15 is 0 Å². The van der Waals surface area contributed by atoms with Gasteiger partial charge in [-0.05, 0) is 55.7 Å². The number of hydrogen-bond acceptors (Lipinski definition) is 4. The van der Waals surface area contributed by atoms with Crippen LogP contribution < -0.4 is 15.4 Å². The number of urea groups is 1. The Labute approximate surface area is 207 Å². The summed E-state index contributed by atoms with van der Waals surface area (Å²) in [5, 5.41) is 6.01. The number of amides is 4. The first-order chi connectivity index (χ1) is 16.8. The van der Waals surface area contributed by atoms with E-state index in [-0.39, 0.29) is 29.3 Å². The number of imide groups is 1. The molecule has 4 rings (SSSR count). The number of carbonyl (C=O) groups is 3.